The zero-order chi connectivity index (χ0) is 23.1. The number of ether oxygens (including phenoxy) is 1. The van der Waals surface area contributed by atoms with Crippen LogP contribution in [0.15, 0.2) is 112 Å². The molecule has 0 aromatic heterocycles. The summed E-state index contributed by atoms with van der Waals surface area (Å²) in [4.78, 5) is 13.0. The molecule has 6 nitrogen and oxygen atoms in total. The molecule has 34 heavy (non-hydrogen) atoms. The quantitative estimate of drug-likeness (QED) is 0.237. The van der Waals surface area contributed by atoms with Crippen LogP contribution in [0.25, 0.3) is 0 Å². The van der Waals surface area contributed by atoms with Gasteiger partial charge < -0.3 is 9.64 Å². The zero-order valence-electron chi connectivity index (χ0n) is 18.6. The highest BCUT2D eigenvalue weighted by molar-refractivity contribution is 5.67. The molecule has 0 aliphatic carbocycles. The fourth-order valence-electron chi connectivity index (χ4n) is 5.10. The lowest BCUT2D eigenvalue weighted by Gasteiger charge is -2.47. The first-order valence-electron chi connectivity index (χ1n) is 11.3. The summed E-state index contributed by atoms with van der Waals surface area (Å²) in [5, 5.41) is 11.6. The van der Waals surface area contributed by atoms with E-state index in [-0.39, 0.29) is 5.92 Å². The van der Waals surface area contributed by atoms with Gasteiger partial charge in [-0.05, 0) is 59.3 Å². The van der Waals surface area contributed by atoms with Gasteiger partial charge in [-0.15, -0.1) is 4.91 Å². The van der Waals surface area contributed by atoms with Crippen molar-refractivity contribution in [1.82, 2.24) is 0 Å². The second kappa shape index (κ2) is 7.92. The van der Waals surface area contributed by atoms with Gasteiger partial charge in [0.1, 0.15) is 11.4 Å². The minimum atomic E-state index is -0.602. The first-order valence-corrected chi connectivity index (χ1v) is 11.3. The van der Waals surface area contributed by atoms with Gasteiger partial charge in [-0.25, -0.2) is 0 Å². The first kappa shape index (κ1) is 20.3. The van der Waals surface area contributed by atoms with Crippen molar-refractivity contribution in [3.05, 3.63) is 119 Å². The maximum atomic E-state index is 10.6. The van der Waals surface area contributed by atoms with E-state index in [1.165, 1.54) is 11.3 Å². The van der Waals surface area contributed by atoms with Crippen molar-refractivity contribution < 1.29 is 4.74 Å². The van der Waals surface area contributed by atoms with E-state index >= 15 is 0 Å². The van der Waals surface area contributed by atoms with Crippen molar-refractivity contribution in [3.8, 4) is 5.75 Å². The van der Waals surface area contributed by atoms with Crippen LogP contribution in [0.2, 0.25) is 0 Å². The predicted octanol–water partition coefficient (Wildman–Crippen LogP) is 7.87. The largest absolute Gasteiger partial charge is 0.463 e. The number of hydrogen-bond donors (Lipinski definition) is 0. The molecule has 0 N–H and O–H groups in total. The maximum absolute atomic E-state index is 10.6. The number of para-hydroxylation sites is 1. The van der Waals surface area contributed by atoms with Gasteiger partial charge in [-0.3, -0.25) is 0 Å². The topological polar surface area (TPSA) is 66.6 Å². The monoisotopic (exact) mass is 446 g/mol. The Hall–Kier alpha value is -4.32. The molecule has 4 aromatic carbocycles. The minimum Gasteiger partial charge on any atom is -0.463 e. The summed E-state index contributed by atoms with van der Waals surface area (Å²) < 4.78 is 6.88. The Balaban J connectivity index is 1.39. The van der Waals surface area contributed by atoms with Crippen LogP contribution < -0.4 is 9.64 Å². The van der Waals surface area contributed by atoms with Crippen LogP contribution in [0.4, 0.5) is 22.7 Å². The Bertz CT molecular complexity index is 1400. The Labute approximate surface area is 197 Å². The standard InChI is InChI=1S/C28H22N4O2/c1-19-25-9-5-6-10-26(25)32-18-20-17-24(30-29-22-11-13-23(31-33)14-12-22)15-16-27(20)34-28(19,32)21-7-3-2-4-8-21/h2-17,19H,18H2,1H3. The molecule has 0 fully saturated rings. The van der Waals surface area contributed by atoms with Crippen LogP contribution in [0.3, 0.4) is 0 Å². The minimum absolute atomic E-state index is 0.155. The number of nitrogens with zero attached hydrogens (tertiary/aromatic N) is 4. The average Bonchev–Trinajstić information content (AvgIpc) is 3.15. The number of fused-ring (bicyclic) bond motifs is 4. The van der Waals surface area contributed by atoms with Crippen LogP contribution in [0.5, 0.6) is 5.75 Å². The first-order chi connectivity index (χ1) is 16.7. The predicted molar refractivity (Wildman–Crippen MR) is 132 cm³/mol. The maximum Gasteiger partial charge on any atom is 0.216 e. The molecule has 0 spiro atoms. The second-order valence-electron chi connectivity index (χ2n) is 8.63. The molecule has 2 atom stereocenters. The van der Waals surface area contributed by atoms with Gasteiger partial charge in [-0.1, -0.05) is 55.5 Å². The summed E-state index contributed by atoms with van der Waals surface area (Å²) in [5.74, 6) is 1.02. The number of benzene rings is 4. The summed E-state index contributed by atoms with van der Waals surface area (Å²) in [6, 6.07) is 31.6. The summed E-state index contributed by atoms with van der Waals surface area (Å²) in [6.07, 6.45) is 0. The fourth-order valence-corrected chi connectivity index (χ4v) is 5.10. The zero-order valence-corrected chi connectivity index (χ0v) is 18.6. The Kier molecular flexibility index (Phi) is 4.73. The molecule has 6 rings (SSSR count). The Morgan fingerprint density at radius 3 is 2.29 bits per heavy atom. The average molecular weight is 447 g/mol. The lowest BCUT2D eigenvalue weighted by atomic mass is 9.86. The van der Waals surface area contributed by atoms with E-state index in [1.54, 1.807) is 24.3 Å². The van der Waals surface area contributed by atoms with E-state index in [0.717, 1.165) is 22.6 Å². The SMILES string of the molecule is CC1c2ccccc2N2Cc3cc(N=Nc4ccc(N=O)cc4)ccc3OC12c1ccccc1. The highest BCUT2D eigenvalue weighted by Crippen LogP contribution is 2.57. The molecule has 166 valence electrons. The molecule has 2 aliphatic rings. The smallest absolute Gasteiger partial charge is 0.216 e. The van der Waals surface area contributed by atoms with Crippen LogP contribution in [-0.4, -0.2) is 0 Å². The molecule has 2 unspecified atom stereocenters. The normalized spacial score (nSPS) is 20.4. The van der Waals surface area contributed by atoms with Crippen LogP contribution >= 0.6 is 0 Å². The molecule has 2 heterocycles. The molecule has 0 saturated heterocycles. The fraction of sp³-hybridized carbons (Fsp3) is 0.143. The molecule has 2 aliphatic heterocycles. The van der Waals surface area contributed by atoms with Gasteiger partial charge in [0.05, 0.1) is 17.9 Å². The summed E-state index contributed by atoms with van der Waals surface area (Å²) >= 11 is 0. The molecule has 0 radical (unpaired) electrons. The Morgan fingerprint density at radius 2 is 1.50 bits per heavy atom. The number of nitroso groups, excluding NO2 is 1. The van der Waals surface area contributed by atoms with Gasteiger partial charge in [0, 0.05) is 22.7 Å². The number of anilines is 1. The van der Waals surface area contributed by atoms with Crippen molar-refractivity contribution in [2.45, 2.75) is 25.1 Å². The second-order valence-corrected chi connectivity index (χ2v) is 8.63. The molecule has 0 amide bonds. The van der Waals surface area contributed by atoms with Crippen molar-refractivity contribution in [2.24, 2.45) is 15.4 Å². The van der Waals surface area contributed by atoms with Crippen LogP contribution in [0.1, 0.15) is 29.5 Å². The van der Waals surface area contributed by atoms with Crippen molar-refractivity contribution in [1.29, 1.82) is 0 Å². The van der Waals surface area contributed by atoms with E-state index in [2.05, 4.69) is 75.8 Å². The van der Waals surface area contributed by atoms with Gasteiger partial charge >= 0.3 is 0 Å². The number of rotatable bonds is 4. The number of hydrogen-bond acceptors (Lipinski definition) is 6. The van der Waals surface area contributed by atoms with Gasteiger partial charge in [-0.2, -0.15) is 10.2 Å². The highest BCUT2D eigenvalue weighted by atomic mass is 16.5. The molecular weight excluding hydrogens is 424 g/mol. The van der Waals surface area contributed by atoms with E-state index < -0.39 is 5.72 Å². The third-order valence-electron chi connectivity index (χ3n) is 6.74. The van der Waals surface area contributed by atoms with Crippen molar-refractivity contribution in [2.75, 3.05) is 4.90 Å². The molecular formula is C28H22N4O2. The lowest BCUT2D eigenvalue weighted by Crippen LogP contribution is -2.52. The van der Waals surface area contributed by atoms with E-state index in [9.17, 15) is 4.91 Å². The highest BCUT2D eigenvalue weighted by Gasteiger charge is 2.55. The summed E-state index contributed by atoms with van der Waals surface area (Å²) in [5.41, 5.74) is 5.85. The van der Waals surface area contributed by atoms with Crippen LogP contribution in [-0.2, 0) is 12.3 Å². The summed E-state index contributed by atoms with van der Waals surface area (Å²) in [6.45, 7) is 2.94. The van der Waals surface area contributed by atoms with Crippen molar-refractivity contribution >= 4 is 22.7 Å². The van der Waals surface area contributed by atoms with E-state index in [4.69, 9.17) is 4.74 Å². The Morgan fingerprint density at radius 1 is 0.824 bits per heavy atom. The third kappa shape index (κ3) is 3.10. The molecule has 4 aromatic rings. The van der Waals surface area contributed by atoms with Gasteiger partial charge in [0.25, 0.3) is 0 Å². The molecule has 6 heteroatoms. The van der Waals surface area contributed by atoms with Gasteiger partial charge in [0.2, 0.25) is 5.72 Å². The van der Waals surface area contributed by atoms with E-state index in [1.807, 2.05) is 24.3 Å². The molecule has 0 bridgehead atoms. The van der Waals surface area contributed by atoms with Crippen LogP contribution in [0, 0.1) is 4.91 Å². The van der Waals surface area contributed by atoms with Gasteiger partial charge in [0.15, 0.2) is 0 Å². The lowest BCUT2D eigenvalue weighted by molar-refractivity contribution is 0.0336. The third-order valence-corrected chi connectivity index (χ3v) is 6.74. The van der Waals surface area contributed by atoms with Crippen molar-refractivity contribution in [3.63, 3.8) is 0 Å². The summed E-state index contributed by atoms with van der Waals surface area (Å²) in [7, 11) is 0. The number of azo groups is 1. The molecule has 0 saturated carbocycles. The van der Waals surface area contributed by atoms with E-state index in [0.29, 0.717) is 17.9 Å².